The summed E-state index contributed by atoms with van der Waals surface area (Å²) in [5.74, 6) is 1.55. The van der Waals surface area contributed by atoms with Crippen molar-refractivity contribution in [2.75, 3.05) is 26.2 Å². The molecule has 0 bridgehead atoms. The Kier molecular flexibility index (Phi) is 8.67. The maximum absolute atomic E-state index is 12.1. The van der Waals surface area contributed by atoms with E-state index in [-0.39, 0.29) is 16.7 Å². The minimum absolute atomic E-state index is 0. The fraction of sp³-hybridized carbons (Fsp3) is 0.217. The molecule has 9 heteroatoms. The van der Waals surface area contributed by atoms with Crippen LogP contribution in [0.2, 0.25) is 0 Å². The number of hydrogen-bond donors (Lipinski definition) is 0. The lowest BCUT2D eigenvalue weighted by Crippen LogP contribution is -2.28. The number of aromatic amines is 1. The summed E-state index contributed by atoms with van der Waals surface area (Å²) in [5.41, 5.74) is 2.17. The minimum atomic E-state index is -0.626. The molecule has 2 aromatic carbocycles. The van der Waals surface area contributed by atoms with Crippen LogP contribution in [0.5, 0.6) is 11.5 Å². The number of esters is 1. The van der Waals surface area contributed by atoms with Crippen LogP contribution in [0.3, 0.4) is 0 Å². The molecular weight excluding hydrogens is 414 g/mol. The lowest BCUT2D eigenvalue weighted by atomic mass is 10.1. The summed E-state index contributed by atoms with van der Waals surface area (Å²) < 4.78 is 15.3. The molecule has 0 atom stereocenters. The van der Waals surface area contributed by atoms with Gasteiger partial charge in [-0.25, -0.2) is 9.78 Å². The van der Waals surface area contributed by atoms with Crippen LogP contribution in [-0.4, -0.2) is 32.8 Å². The van der Waals surface area contributed by atoms with Gasteiger partial charge in [0.05, 0.1) is 21.3 Å². The zero-order valence-electron chi connectivity index (χ0n) is 18.1. The average molecular weight is 439 g/mol. The van der Waals surface area contributed by atoms with Crippen LogP contribution in [0.1, 0.15) is 21.5 Å². The van der Waals surface area contributed by atoms with Crippen LogP contribution in [0.4, 0.5) is 11.5 Å². The molecule has 0 aliphatic rings. The van der Waals surface area contributed by atoms with E-state index in [1.54, 1.807) is 20.3 Å². The van der Waals surface area contributed by atoms with Crippen molar-refractivity contribution in [2.45, 2.75) is 13.1 Å². The zero-order chi connectivity index (χ0) is 22.2. The number of methoxy groups -OCH3 is 3. The Morgan fingerprint density at radius 3 is 1.81 bits per heavy atom. The summed E-state index contributed by atoms with van der Waals surface area (Å²) in [6.07, 6.45) is 1.41. The molecule has 0 saturated carbocycles. The largest absolute Gasteiger partial charge is 0.870 e. The molecule has 1 heterocycles. The van der Waals surface area contributed by atoms with E-state index >= 15 is 0 Å². The number of ether oxygens (including phenoxy) is 3. The van der Waals surface area contributed by atoms with Gasteiger partial charge in [-0.3, -0.25) is 4.90 Å². The molecule has 1 aromatic heterocycles. The van der Waals surface area contributed by atoms with E-state index in [0.717, 1.165) is 22.6 Å². The SMILES string of the molecule is COC(=O)c1cc(N(Cc2ccc(OC)cc2)Cc2ccc(OC)cc2)[nH+]cc1N=O.[OH-]. The molecular formula is C23H25N3O6. The second-order valence-electron chi connectivity index (χ2n) is 6.75. The average Bonchev–Trinajstić information content (AvgIpc) is 2.83. The molecule has 2 N–H and O–H groups in total. The van der Waals surface area contributed by atoms with Crippen molar-refractivity contribution in [3.63, 3.8) is 0 Å². The summed E-state index contributed by atoms with van der Waals surface area (Å²) in [4.78, 5) is 28.4. The number of carbonyl (C=O) groups is 1. The van der Waals surface area contributed by atoms with Crippen molar-refractivity contribution in [2.24, 2.45) is 5.18 Å². The maximum Gasteiger partial charge on any atom is 0.340 e. The zero-order valence-corrected chi connectivity index (χ0v) is 18.1. The van der Waals surface area contributed by atoms with E-state index in [9.17, 15) is 9.70 Å². The van der Waals surface area contributed by atoms with Crippen molar-refractivity contribution >= 4 is 17.5 Å². The van der Waals surface area contributed by atoms with Crippen LogP contribution in [0, 0.1) is 4.91 Å². The number of carbonyl (C=O) groups excluding carboxylic acids is 1. The van der Waals surface area contributed by atoms with Crippen molar-refractivity contribution in [3.8, 4) is 11.5 Å². The molecule has 0 fully saturated rings. The minimum Gasteiger partial charge on any atom is -0.870 e. The third-order valence-corrected chi connectivity index (χ3v) is 4.82. The number of anilines is 1. The first kappa shape index (κ1) is 24.3. The van der Waals surface area contributed by atoms with Crippen LogP contribution >= 0.6 is 0 Å². The molecule has 0 spiro atoms. The highest BCUT2D eigenvalue weighted by Gasteiger charge is 2.23. The molecule has 9 nitrogen and oxygen atoms in total. The summed E-state index contributed by atoms with van der Waals surface area (Å²) in [7, 11) is 4.51. The number of rotatable bonds is 9. The molecule has 168 valence electrons. The monoisotopic (exact) mass is 439 g/mol. The lowest BCUT2D eigenvalue weighted by Gasteiger charge is -2.18. The van der Waals surface area contributed by atoms with Gasteiger partial charge in [0.25, 0.3) is 5.82 Å². The molecule has 3 aromatic rings. The van der Waals surface area contributed by atoms with Crippen molar-refractivity contribution < 1.29 is 29.5 Å². The number of nitroso groups, excluding NO2 is 1. The van der Waals surface area contributed by atoms with E-state index in [4.69, 9.17) is 14.2 Å². The normalized spacial score (nSPS) is 9.97. The Morgan fingerprint density at radius 1 is 0.906 bits per heavy atom. The first-order chi connectivity index (χ1) is 15.1. The third kappa shape index (κ3) is 5.79. The summed E-state index contributed by atoms with van der Waals surface area (Å²) in [6, 6.07) is 17.0. The van der Waals surface area contributed by atoms with E-state index in [1.165, 1.54) is 13.3 Å². The summed E-state index contributed by atoms with van der Waals surface area (Å²) >= 11 is 0. The summed E-state index contributed by atoms with van der Waals surface area (Å²) in [5, 5.41) is 2.92. The van der Waals surface area contributed by atoms with E-state index < -0.39 is 5.97 Å². The van der Waals surface area contributed by atoms with Gasteiger partial charge in [-0.2, -0.15) is 0 Å². The Morgan fingerprint density at radius 2 is 1.41 bits per heavy atom. The van der Waals surface area contributed by atoms with Gasteiger partial charge < -0.3 is 19.7 Å². The topological polar surface area (TPSA) is 122 Å². The van der Waals surface area contributed by atoms with Gasteiger partial charge in [0, 0.05) is 6.07 Å². The van der Waals surface area contributed by atoms with Crippen molar-refractivity contribution in [3.05, 3.63) is 82.4 Å². The Bertz CT molecular complexity index is 989. The highest BCUT2D eigenvalue weighted by atomic mass is 16.5. The number of benzene rings is 2. The van der Waals surface area contributed by atoms with Gasteiger partial charge in [-0.1, -0.05) is 24.3 Å². The molecule has 0 saturated heterocycles. The number of pyridine rings is 1. The van der Waals surface area contributed by atoms with Gasteiger partial charge >= 0.3 is 5.97 Å². The van der Waals surface area contributed by atoms with Crippen LogP contribution in [0.25, 0.3) is 0 Å². The van der Waals surface area contributed by atoms with Gasteiger partial charge in [0.1, 0.15) is 36.3 Å². The predicted molar refractivity (Wildman–Crippen MR) is 118 cm³/mol. The van der Waals surface area contributed by atoms with Gasteiger partial charge in [-0.15, -0.1) is 4.91 Å². The lowest BCUT2D eigenvalue weighted by molar-refractivity contribution is -0.363. The number of nitrogens with zero attached hydrogens (tertiary/aromatic N) is 2. The van der Waals surface area contributed by atoms with Crippen molar-refractivity contribution in [1.29, 1.82) is 0 Å². The summed E-state index contributed by atoms with van der Waals surface area (Å²) in [6.45, 7) is 1.09. The first-order valence-corrected chi connectivity index (χ1v) is 9.56. The van der Waals surface area contributed by atoms with Gasteiger partial charge in [0.15, 0.2) is 5.69 Å². The molecule has 0 amide bonds. The maximum atomic E-state index is 12.1. The number of H-pyrrole nitrogens is 1. The highest BCUT2D eigenvalue weighted by molar-refractivity contribution is 5.95. The van der Waals surface area contributed by atoms with Crippen LogP contribution < -0.4 is 19.4 Å². The molecule has 0 aliphatic heterocycles. The molecule has 0 unspecified atom stereocenters. The molecule has 0 aliphatic carbocycles. The van der Waals surface area contributed by atoms with E-state index in [2.05, 4.69) is 10.2 Å². The molecule has 3 rings (SSSR count). The highest BCUT2D eigenvalue weighted by Crippen LogP contribution is 2.24. The number of nitrogens with one attached hydrogen (secondary N) is 1. The second-order valence-corrected chi connectivity index (χ2v) is 6.75. The smallest absolute Gasteiger partial charge is 0.340 e. The first-order valence-electron chi connectivity index (χ1n) is 9.56. The Labute approximate surface area is 185 Å². The van der Waals surface area contributed by atoms with Gasteiger partial charge in [0.2, 0.25) is 0 Å². The quantitative estimate of drug-likeness (QED) is 0.368. The second kappa shape index (κ2) is 11.4. The van der Waals surface area contributed by atoms with Crippen LogP contribution in [0.15, 0.2) is 66.0 Å². The predicted octanol–water partition coefficient (Wildman–Crippen LogP) is 3.73. The van der Waals surface area contributed by atoms with Crippen LogP contribution in [-0.2, 0) is 17.8 Å². The fourth-order valence-electron chi connectivity index (χ4n) is 3.13. The Hall–Kier alpha value is -3.98. The number of aromatic nitrogens is 1. The third-order valence-electron chi connectivity index (χ3n) is 4.82. The molecule has 0 radical (unpaired) electrons. The Balaban J connectivity index is 0.00000363. The molecule has 32 heavy (non-hydrogen) atoms. The standard InChI is InChI=1S/C23H23N3O5.H2O/c1-29-18-8-4-16(5-9-18)14-26(15-17-6-10-19(30-2)11-7-17)22-12-20(23(27)31-3)21(25-28)13-24-22;/h4-13H,14-15H2,1-3H3;1H2. The van der Waals surface area contributed by atoms with E-state index in [0.29, 0.717) is 18.9 Å². The number of hydrogen-bond acceptors (Lipinski definition) is 8. The fourth-order valence-corrected chi connectivity index (χ4v) is 3.13. The van der Waals surface area contributed by atoms with E-state index in [1.807, 2.05) is 53.4 Å². The van der Waals surface area contributed by atoms with Crippen molar-refractivity contribution in [1.82, 2.24) is 0 Å². The van der Waals surface area contributed by atoms with Gasteiger partial charge in [-0.05, 0) is 40.6 Å².